The second kappa shape index (κ2) is 3.15. The molecule has 0 aliphatic rings. The molecular formula is C10H11N. The third-order valence-electron chi connectivity index (χ3n) is 1.43. The Kier molecular flexibility index (Phi) is 2.21. The van der Waals surface area contributed by atoms with Crippen molar-refractivity contribution in [3.05, 3.63) is 41.0 Å². The van der Waals surface area contributed by atoms with E-state index in [1.54, 1.807) is 6.08 Å². The molecule has 0 amide bonds. The van der Waals surface area contributed by atoms with Crippen molar-refractivity contribution in [1.82, 2.24) is 4.98 Å². The van der Waals surface area contributed by atoms with Crippen molar-refractivity contribution in [1.29, 1.82) is 0 Å². The molecule has 0 aliphatic carbocycles. The Balaban J connectivity index is 3.47. The molecule has 1 aromatic heterocycles. The summed E-state index contributed by atoms with van der Waals surface area (Å²) in [5.41, 5.74) is 1.01. The highest BCUT2D eigenvalue weighted by Crippen LogP contribution is 1.79. The van der Waals surface area contributed by atoms with Crippen LogP contribution in [-0.2, 0) is 0 Å². The lowest BCUT2D eigenvalue weighted by atomic mass is 10.3. The zero-order chi connectivity index (χ0) is 8.27. The summed E-state index contributed by atoms with van der Waals surface area (Å²) in [4.78, 5) is 4.27. The summed E-state index contributed by atoms with van der Waals surface area (Å²) in [7, 11) is 0. The van der Waals surface area contributed by atoms with E-state index in [0.29, 0.717) is 0 Å². The predicted octanol–water partition coefficient (Wildman–Crippen LogP) is 0.767. The van der Waals surface area contributed by atoms with Crippen molar-refractivity contribution in [3.63, 3.8) is 0 Å². The zero-order valence-corrected chi connectivity index (χ0v) is 6.67. The highest BCUT2D eigenvalue weighted by atomic mass is 14.7. The van der Waals surface area contributed by atoms with Crippen LogP contribution in [0.2, 0.25) is 0 Å². The molecule has 0 atom stereocenters. The van der Waals surface area contributed by atoms with Crippen molar-refractivity contribution >= 4 is 12.7 Å². The molecule has 0 bridgehead atoms. The van der Waals surface area contributed by atoms with Gasteiger partial charge in [-0.2, -0.15) is 0 Å². The number of aromatic nitrogens is 1. The first kappa shape index (κ1) is 7.73. The lowest BCUT2D eigenvalue weighted by Gasteiger charge is -1.89. The molecule has 1 nitrogen and oxygen atoms in total. The van der Waals surface area contributed by atoms with Crippen LogP contribution in [0.5, 0.6) is 0 Å². The second-order valence-electron chi connectivity index (χ2n) is 2.40. The molecule has 0 saturated heterocycles. The summed E-state index contributed by atoms with van der Waals surface area (Å²) in [5, 5.41) is 1.84. The topological polar surface area (TPSA) is 12.9 Å². The van der Waals surface area contributed by atoms with Gasteiger partial charge in [0.2, 0.25) is 0 Å². The average Bonchev–Trinajstić information content (AvgIpc) is 1.98. The van der Waals surface area contributed by atoms with Crippen LogP contribution in [0.1, 0.15) is 5.69 Å². The monoisotopic (exact) mass is 145 g/mol. The van der Waals surface area contributed by atoms with E-state index < -0.39 is 0 Å². The largest absolute Gasteiger partial charge is 0.253 e. The average molecular weight is 145 g/mol. The minimum Gasteiger partial charge on any atom is -0.253 e. The Labute approximate surface area is 66.4 Å². The minimum atomic E-state index is 0.903. The molecule has 0 N–H and O–H groups in total. The molecule has 1 rings (SSSR count). The Hall–Kier alpha value is -1.37. The van der Waals surface area contributed by atoms with Crippen molar-refractivity contribution in [2.75, 3.05) is 0 Å². The van der Waals surface area contributed by atoms with Crippen molar-refractivity contribution in [3.8, 4) is 0 Å². The third kappa shape index (κ3) is 1.77. The molecule has 1 heteroatoms. The van der Waals surface area contributed by atoms with Crippen LogP contribution in [0.15, 0.2) is 24.8 Å². The highest BCUT2D eigenvalue weighted by Gasteiger charge is 1.84. The maximum Gasteiger partial charge on any atom is 0.0698 e. The molecule has 0 radical (unpaired) electrons. The number of aryl methyl sites for hydroxylation is 1. The van der Waals surface area contributed by atoms with Crippen LogP contribution in [-0.4, -0.2) is 4.98 Å². The Bertz CT molecular complexity index is 363. The Morgan fingerprint density at radius 2 is 2.18 bits per heavy atom. The zero-order valence-electron chi connectivity index (χ0n) is 6.67. The van der Waals surface area contributed by atoms with Crippen LogP contribution >= 0.6 is 0 Å². The molecule has 0 fully saturated rings. The van der Waals surface area contributed by atoms with Gasteiger partial charge in [-0.3, -0.25) is 4.98 Å². The second-order valence-corrected chi connectivity index (χ2v) is 2.40. The molecule has 0 aromatic carbocycles. The van der Waals surface area contributed by atoms with E-state index in [1.165, 1.54) is 0 Å². The quantitative estimate of drug-likeness (QED) is 0.568. The maximum atomic E-state index is 4.27. The van der Waals surface area contributed by atoms with Gasteiger partial charge >= 0.3 is 0 Å². The minimum absolute atomic E-state index is 0.903. The van der Waals surface area contributed by atoms with Gasteiger partial charge in [-0.15, -0.1) is 0 Å². The van der Waals surface area contributed by atoms with Crippen LogP contribution < -0.4 is 10.6 Å². The third-order valence-corrected chi connectivity index (χ3v) is 1.43. The number of hydrogen-bond donors (Lipinski definition) is 0. The van der Waals surface area contributed by atoms with Gasteiger partial charge < -0.3 is 0 Å². The van der Waals surface area contributed by atoms with E-state index in [0.717, 1.165) is 16.3 Å². The van der Waals surface area contributed by atoms with Gasteiger partial charge in [0, 0.05) is 5.69 Å². The standard InChI is InChI=1S/C10H11N/c1-4-5-10-8(2)6-7-9(3)11-10/h4-7H,1-2H2,3H3/b10-5+. The first-order valence-electron chi connectivity index (χ1n) is 3.49. The van der Waals surface area contributed by atoms with Gasteiger partial charge in [0.05, 0.1) is 5.35 Å². The lowest BCUT2D eigenvalue weighted by molar-refractivity contribution is 1.13. The van der Waals surface area contributed by atoms with Crippen LogP contribution in [0.25, 0.3) is 12.7 Å². The van der Waals surface area contributed by atoms with E-state index in [1.807, 2.05) is 25.1 Å². The normalized spacial score (nSPS) is 11.5. The first-order chi connectivity index (χ1) is 5.24. The number of nitrogens with zero attached hydrogens (tertiary/aromatic N) is 1. The lowest BCUT2D eigenvalue weighted by Crippen LogP contribution is -2.26. The smallest absolute Gasteiger partial charge is 0.0698 e. The highest BCUT2D eigenvalue weighted by molar-refractivity contribution is 5.33. The van der Waals surface area contributed by atoms with Gasteiger partial charge in [0.25, 0.3) is 0 Å². The molecule has 1 aromatic rings. The molecule has 1 heterocycles. The molecule has 0 unspecified atom stereocenters. The predicted molar refractivity (Wildman–Crippen MR) is 48.4 cm³/mol. The van der Waals surface area contributed by atoms with Gasteiger partial charge in [0.15, 0.2) is 0 Å². The SMILES string of the molecule is C=C/C=c1/nc(C)ccc1=C. The Morgan fingerprint density at radius 3 is 2.82 bits per heavy atom. The van der Waals surface area contributed by atoms with Crippen molar-refractivity contribution in [2.45, 2.75) is 6.92 Å². The number of allylic oxidation sites excluding steroid dienone is 1. The summed E-state index contributed by atoms with van der Waals surface area (Å²) in [5.74, 6) is 0. The fourth-order valence-electron chi connectivity index (χ4n) is 0.862. The Morgan fingerprint density at radius 1 is 1.45 bits per heavy atom. The fourth-order valence-corrected chi connectivity index (χ4v) is 0.862. The van der Waals surface area contributed by atoms with Crippen molar-refractivity contribution < 1.29 is 0 Å². The van der Waals surface area contributed by atoms with Crippen molar-refractivity contribution in [2.24, 2.45) is 0 Å². The van der Waals surface area contributed by atoms with Crippen LogP contribution in [0.4, 0.5) is 0 Å². The number of rotatable bonds is 1. The van der Waals surface area contributed by atoms with E-state index in [9.17, 15) is 0 Å². The van der Waals surface area contributed by atoms with E-state index >= 15 is 0 Å². The number of pyridine rings is 1. The summed E-state index contributed by atoms with van der Waals surface area (Å²) in [6.45, 7) is 9.40. The molecule has 11 heavy (non-hydrogen) atoms. The summed E-state index contributed by atoms with van der Waals surface area (Å²) in [6.07, 6.45) is 3.58. The fraction of sp³-hybridized carbons (Fsp3) is 0.100. The van der Waals surface area contributed by atoms with E-state index in [2.05, 4.69) is 18.1 Å². The first-order valence-corrected chi connectivity index (χ1v) is 3.49. The van der Waals surface area contributed by atoms with Crippen LogP contribution in [0, 0.1) is 6.92 Å². The van der Waals surface area contributed by atoms with Gasteiger partial charge in [-0.25, -0.2) is 0 Å². The summed E-state index contributed by atoms with van der Waals surface area (Å²) >= 11 is 0. The van der Waals surface area contributed by atoms with E-state index in [4.69, 9.17) is 0 Å². The van der Waals surface area contributed by atoms with Gasteiger partial charge in [-0.1, -0.05) is 25.3 Å². The summed E-state index contributed by atoms with van der Waals surface area (Å²) < 4.78 is 0. The molecular weight excluding hydrogens is 134 g/mol. The van der Waals surface area contributed by atoms with Gasteiger partial charge in [0.1, 0.15) is 0 Å². The van der Waals surface area contributed by atoms with E-state index in [-0.39, 0.29) is 0 Å². The summed E-state index contributed by atoms with van der Waals surface area (Å²) in [6, 6.07) is 3.90. The van der Waals surface area contributed by atoms with Gasteiger partial charge in [-0.05, 0) is 24.3 Å². The molecule has 56 valence electrons. The molecule has 0 spiro atoms. The van der Waals surface area contributed by atoms with Crippen LogP contribution in [0.3, 0.4) is 0 Å². The molecule has 0 aliphatic heterocycles. The molecule has 0 saturated carbocycles. The maximum absolute atomic E-state index is 4.27. The number of hydrogen-bond acceptors (Lipinski definition) is 1.